The molecule has 0 saturated carbocycles. The SMILES string of the molecule is C=C(CC(=O)c1ccccc1)Nc1ccc(C(=O)Nc2cccc3ccccc23)cc1. The van der Waals surface area contributed by atoms with Crippen molar-refractivity contribution >= 4 is 33.8 Å². The molecule has 0 aliphatic rings. The van der Waals surface area contributed by atoms with Crippen molar-refractivity contribution in [2.75, 3.05) is 10.6 Å². The summed E-state index contributed by atoms with van der Waals surface area (Å²) in [5, 5.41) is 8.19. The molecule has 0 heterocycles. The number of benzene rings is 4. The molecule has 0 saturated heterocycles. The van der Waals surface area contributed by atoms with Crippen molar-refractivity contribution in [1.29, 1.82) is 0 Å². The van der Waals surface area contributed by atoms with Gasteiger partial charge in [0.05, 0.1) is 6.42 Å². The van der Waals surface area contributed by atoms with Crippen molar-refractivity contribution in [3.8, 4) is 0 Å². The maximum atomic E-state index is 12.7. The Morgan fingerprint density at radius 3 is 2.13 bits per heavy atom. The van der Waals surface area contributed by atoms with Gasteiger partial charge in [-0.05, 0) is 35.7 Å². The monoisotopic (exact) mass is 406 g/mol. The molecule has 0 aliphatic carbocycles. The predicted molar refractivity (Wildman–Crippen MR) is 126 cm³/mol. The third-order valence-corrected chi connectivity index (χ3v) is 4.98. The minimum absolute atomic E-state index is 0.00388. The summed E-state index contributed by atoms with van der Waals surface area (Å²) in [5.41, 5.74) is 3.35. The summed E-state index contributed by atoms with van der Waals surface area (Å²) < 4.78 is 0. The van der Waals surface area contributed by atoms with Crippen molar-refractivity contribution < 1.29 is 9.59 Å². The van der Waals surface area contributed by atoms with Crippen molar-refractivity contribution in [3.63, 3.8) is 0 Å². The minimum atomic E-state index is -0.180. The number of rotatable bonds is 7. The molecular formula is C27H22N2O2. The summed E-state index contributed by atoms with van der Waals surface area (Å²) >= 11 is 0. The van der Waals surface area contributed by atoms with E-state index in [9.17, 15) is 9.59 Å². The van der Waals surface area contributed by atoms with Crippen LogP contribution in [-0.4, -0.2) is 11.7 Å². The van der Waals surface area contributed by atoms with E-state index in [0.29, 0.717) is 16.8 Å². The Morgan fingerprint density at radius 1 is 0.677 bits per heavy atom. The Kier molecular flexibility index (Phi) is 5.90. The third kappa shape index (κ3) is 4.87. The van der Waals surface area contributed by atoms with Crippen molar-refractivity contribution in [2.24, 2.45) is 0 Å². The average molecular weight is 406 g/mol. The molecule has 0 aliphatic heterocycles. The number of allylic oxidation sites excluding steroid dienone is 1. The quantitative estimate of drug-likeness (QED) is 0.355. The van der Waals surface area contributed by atoms with Gasteiger partial charge in [-0.2, -0.15) is 0 Å². The number of anilines is 2. The highest BCUT2D eigenvalue weighted by molar-refractivity contribution is 6.09. The first-order valence-electron chi connectivity index (χ1n) is 10.0. The van der Waals surface area contributed by atoms with Gasteiger partial charge >= 0.3 is 0 Å². The normalized spacial score (nSPS) is 10.5. The van der Waals surface area contributed by atoms with Gasteiger partial charge in [0.25, 0.3) is 5.91 Å². The van der Waals surface area contributed by atoms with E-state index < -0.39 is 0 Å². The van der Waals surface area contributed by atoms with Crippen LogP contribution >= 0.6 is 0 Å². The zero-order chi connectivity index (χ0) is 21.6. The molecule has 152 valence electrons. The molecular weight excluding hydrogens is 384 g/mol. The summed E-state index contributed by atoms with van der Waals surface area (Å²) in [6, 6.07) is 30.0. The lowest BCUT2D eigenvalue weighted by Crippen LogP contribution is -2.12. The highest BCUT2D eigenvalue weighted by Crippen LogP contribution is 2.24. The molecule has 0 spiro atoms. The summed E-state index contributed by atoms with van der Waals surface area (Å²) in [6.07, 6.45) is 0.202. The third-order valence-electron chi connectivity index (χ3n) is 4.98. The number of Topliss-reactive ketones (excluding diaryl/α,β-unsaturated/α-hetero) is 1. The topological polar surface area (TPSA) is 58.2 Å². The Balaban J connectivity index is 1.39. The maximum absolute atomic E-state index is 12.7. The second-order valence-electron chi connectivity index (χ2n) is 7.25. The Bertz CT molecular complexity index is 1240. The number of ketones is 1. The zero-order valence-corrected chi connectivity index (χ0v) is 17.0. The molecule has 4 rings (SSSR count). The lowest BCUT2D eigenvalue weighted by Gasteiger charge is -2.11. The van der Waals surface area contributed by atoms with Crippen molar-refractivity contribution in [2.45, 2.75) is 6.42 Å². The Hall–Kier alpha value is -4.18. The number of amides is 1. The number of nitrogens with one attached hydrogen (secondary N) is 2. The Labute approximate surface area is 181 Å². The molecule has 0 unspecified atom stereocenters. The van der Waals surface area contributed by atoms with E-state index in [1.54, 1.807) is 36.4 Å². The van der Waals surface area contributed by atoms with Gasteiger partial charge in [0.1, 0.15) is 0 Å². The molecule has 31 heavy (non-hydrogen) atoms. The smallest absolute Gasteiger partial charge is 0.255 e. The molecule has 0 fully saturated rings. The fourth-order valence-electron chi connectivity index (χ4n) is 3.40. The fourth-order valence-corrected chi connectivity index (χ4v) is 3.40. The van der Waals surface area contributed by atoms with E-state index in [1.165, 1.54) is 0 Å². The van der Waals surface area contributed by atoms with Gasteiger partial charge < -0.3 is 10.6 Å². The van der Waals surface area contributed by atoms with E-state index in [0.717, 1.165) is 22.1 Å². The van der Waals surface area contributed by atoms with E-state index in [-0.39, 0.29) is 18.1 Å². The predicted octanol–water partition coefficient (Wildman–Crippen LogP) is 6.29. The molecule has 4 nitrogen and oxygen atoms in total. The number of fused-ring (bicyclic) bond motifs is 1. The fraction of sp³-hybridized carbons (Fsp3) is 0.0370. The van der Waals surface area contributed by atoms with Crippen LogP contribution in [-0.2, 0) is 0 Å². The standard InChI is InChI=1S/C27H22N2O2/c1-19(18-26(30)21-9-3-2-4-10-21)28-23-16-14-22(15-17-23)27(31)29-25-13-7-11-20-8-5-6-12-24(20)25/h2-17,28H,1,18H2,(H,29,31). The van der Waals surface area contributed by atoms with Crippen LogP contribution in [0.1, 0.15) is 27.1 Å². The van der Waals surface area contributed by atoms with Crippen LogP contribution in [0.4, 0.5) is 11.4 Å². The van der Waals surface area contributed by atoms with Crippen LogP contribution in [0.3, 0.4) is 0 Å². The summed E-state index contributed by atoms with van der Waals surface area (Å²) in [6.45, 7) is 3.95. The zero-order valence-electron chi connectivity index (χ0n) is 17.0. The molecule has 4 heteroatoms. The van der Waals surface area contributed by atoms with E-state index >= 15 is 0 Å². The highest BCUT2D eigenvalue weighted by atomic mass is 16.1. The molecule has 0 bridgehead atoms. The van der Waals surface area contributed by atoms with Gasteiger partial charge in [-0.1, -0.05) is 73.3 Å². The van der Waals surface area contributed by atoms with Crippen LogP contribution in [0.5, 0.6) is 0 Å². The second kappa shape index (κ2) is 9.09. The highest BCUT2D eigenvalue weighted by Gasteiger charge is 2.10. The van der Waals surface area contributed by atoms with Gasteiger partial charge in [0.15, 0.2) is 5.78 Å². The average Bonchev–Trinajstić information content (AvgIpc) is 2.80. The molecule has 0 atom stereocenters. The minimum Gasteiger partial charge on any atom is -0.359 e. The van der Waals surface area contributed by atoms with Crippen molar-refractivity contribution in [3.05, 3.63) is 120 Å². The molecule has 0 radical (unpaired) electrons. The lowest BCUT2D eigenvalue weighted by atomic mass is 10.1. The van der Waals surface area contributed by atoms with Crippen molar-refractivity contribution in [1.82, 2.24) is 0 Å². The van der Waals surface area contributed by atoms with E-state index in [1.807, 2.05) is 60.7 Å². The molecule has 0 aromatic heterocycles. The number of carbonyl (C=O) groups excluding carboxylic acids is 2. The molecule has 4 aromatic carbocycles. The van der Waals surface area contributed by atoms with Crippen LogP contribution in [0, 0.1) is 0 Å². The van der Waals surface area contributed by atoms with Gasteiger partial charge in [-0.3, -0.25) is 9.59 Å². The van der Waals surface area contributed by atoms with Gasteiger partial charge in [-0.25, -0.2) is 0 Å². The van der Waals surface area contributed by atoms with E-state index in [2.05, 4.69) is 17.2 Å². The van der Waals surface area contributed by atoms with Gasteiger partial charge in [0.2, 0.25) is 0 Å². The first-order chi connectivity index (χ1) is 15.1. The van der Waals surface area contributed by atoms with E-state index in [4.69, 9.17) is 0 Å². The van der Waals surface area contributed by atoms with Crippen LogP contribution in [0.25, 0.3) is 10.8 Å². The summed E-state index contributed by atoms with van der Waals surface area (Å²) in [7, 11) is 0. The number of hydrogen-bond acceptors (Lipinski definition) is 3. The van der Waals surface area contributed by atoms with Crippen LogP contribution < -0.4 is 10.6 Å². The van der Waals surface area contributed by atoms with Crippen LogP contribution in [0.2, 0.25) is 0 Å². The Morgan fingerprint density at radius 2 is 1.35 bits per heavy atom. The first-order valence-corrected chi connectivity index (χ1v) is 10.0. The number of hydrogen-bond donors (Lipinski definition) is 2. The number of carbonyl (C=O) groups is 2. The lowest BCUT2D eigenvalue weighted by molar-refractivity contribution is 0.0991. The molecule has 1 amide bonds. The van der Waals surface area contributed by atoms with Gasteiger partial charge in [-0.15, -0.1) is 0 Å². The largest absolute Gasteiger partial charge is 0.359 e. The molecule has 2 N–H and O–H groups in total. The first kappa shape index (κ1) is 20.1. The summed E-state index contributed by atoms with van der Waals surface area (Å²) in [4.78, 5) is 25.0. The maximum Gasteiger partial charge on any atom is 0.255 e. The molecule has 4 aromatic rings. The van der Waals surface area contributed by atoms with Crippen LogP contribution in [0.15, 0.2) is 109 Å². The van der Waals surface area contributed by atoms with Gasteiger partial charge in [0, 0.05) is 33.6 Å². The second-order valence-corrected chi connectivity index (χ2v) is 7.25. The summed E-state index contributed by atoms with van der Waals surface area (Å²) in [5.74, 6) is -0.176.